The van der Waals surface area contributed by atoms with Crippen LogP contribution in [0.4, 0.5) is 5.69 Å². The summed E-state index contributed by atoms with van der Waals surface area (Å²) in [5, 5.41) is 14.8. The van der Waals surface area contributed by atoms with Gasteiger partial charge in [-0.1, -0.05) is 6.07 Å². The predicted molar refractivity (Wildman–Crippen MR) is 62.7 cm³/mol. The third-order valence-electron chi connectivity index (χ3n) is 2.21. The third-order valence-corrected chi connectivity index (χ3v) is 2.63. The highest BCUT2D eigenvalue weighted by Gasteiger charge is 2.10. The second-order valence-electron chi connectivity index (χ2n) is 3.31. The first kappa shape index (κ1) is 10.8. The molecular formula is C10H8BrN3O2. The van der Waals surface area contributed by atoms with Crippen molar-refractivity contribution in [2.24, 2.45) is 0 Å². The van der Waals surface area contributed by atoms with Crippen molar-refractivity contribution < 1.29 is 4.92 Å². The molecule has 0 spiro atoms. The molecule has 6 heteroatoms. The van der Waals surface area contributed by atoms with E-state index in [9.17, 15) is 10.1 Å². The molecule has 2 rings (SSSR count). The van der Waals surface area contributed by atoms with Gasteiger partial charge in [-0.15, -0.1) is 0 Å². The number of aromatic nitrogens is 2. The molecular weight excluding hydrogens is 274 g/mol. The van der Waals surface area contributed by atoms with E-state index in [1.807, 2.05) is 6.92 Å². The first-order valence-corrected chi connectivity index (χ1v) is 5.34. The molecule has 2 aromatic rings. The Bertz CT molecular complexity index is 551. The van der Waals surface area contributed by atoms with Gasteiger partial charge in [0, 0.05) is 18.3 Å². The van der Waals surface area contributed by atoms with E-state index in [0.29, 0.717) is 10.3 Å². The minimum Gasteiger partial charge on any atom is -0.258 e. The average Bonchev–Trinajstić information content (AvgIpc) is 2.65. The molecule has 1 heterocycles. The fourth-order valence-corrected chi connectivity index (χ4v) is 1.68. The molecule has 0 N–H and O–H groups in total. The largest absolute Gasteiger partial charge is 0.271 e. The number of hydrogen-bond donors (Lipinski definition) is 0. The Hall–Kier alpha value is -1.69. The van der Waals surface area contributed by atoms with Crippen molar-refractivity contribution in [2.75, 3.05) is 0 Å². The van der Waals surface area contributed by atoms with Crippen LogP contribution in [0, 0.1) is 17.0 Å². The summed E-state index contributed by atoms with van der Waals surface area (Å²) in [7, 11) is 0. The Morgan fingerprint density at radius 2 is 2.19 bits per heavy atom. The topological polar surface area (TPSA) is 61.0 Å². The van der Waals surface area contributed by atoms with Crippen LogP contribution in [0.1, 0.15) is 5.56 Å². The van der Waals surface area contributed by atoms with Crippen molar-refractivity contribution in [1.29, 1.82) is 0 Å². The number of nitrogens with zero attached hydrogens (tertiary/aromatic N) is 3. The first-order valence-electron chi connectivity index (χ1n) is 4.54. The van der Waals surface area contributed by atoms with Crippen LogP contribution in [-0.4, -0.2) is 14.7 Å². The van der Waals surface area contributed by atoms with Crippen molar-refractivity contribution in [1.82, 2.24) is 9.78 Å². The predicted octanol–water partition coefficient (Wildman–Crippen LogP) is 2.85. The van der Waals surface area contributed by atoms with Crippen LogP contribution in [-0.2, 0) is 0 Å². The molecule has 0 aliphatic heterocycles. The number of nitro groups is 1. The number of benzene rings is 1. The summed E-state index contributed by atoms with van der Waals surface area (Å²) in [6.07, 6.45) is 1.75. The van der Waals surface area contributed by atoms with E-state index in [4.69, 9.17) is 0 Å². The first-order chi connectivity index (χ1) is 7.58. The molecule has 0 saturated heterocycles. The summed E-state index contributed by atoms with van der Waals surface area (Å²) in [6, 6.07) is 6.48. The van der Waals surface area contributed by atoms with Gasteiger partial charge in [0.25, 0.3) is 5.69 Å². The third kappa shape index (κ3) is 1.96. The molecule has 0 atom stereocenters. The minimum absolute atomic E-state index is 0.0622. The van der Waals surface area contributed by atoms with Gasteiger partial charge in [-0.05, 0) is 34.5 Å². The van der Waals surface area contributed by atoms with E-state index in [1.54, 1.807) is 23.0 Å². The van der Waals surface area contributed by atoms with E-state index in [1.165, 1.54) is 12.1 Å². The van der Waals surface area contributed by atoms with Gasteiger partial charge < -0.3 is 0 Å². The van der Waals surface area contributed by atoms with E-state index >= 15 is 0 Å². The molecule has 82 valence electrons. The molecule has 0 fully saturated rings. The van der Waals surface area contributed by atoms with Gasteiger partial charge in [0.1, 0.15) is 4.60 Å². The van der Waals surface area contributed by atoms with E-state index in [2.05, 4.69) is 21.0 Å². The highest BCUT2D eigenvalue weighted by atomic mass is 79.9. The smallest absolute Gasteiger partial charge is 0.258 e. The molecule has 5 nitrogen and oxygen atoms in total. The lowest BCUT2D eigenvalue weighted by Gasteiger charge is -2.04. The summed E-state index contributed by atoms with van der Waals surface area (Å²) >= 11 is 3.24. The highest BCUT2D eigenvalue weighted by Crippen LogP contribution is 2.21. The van der Waals surface area contributed by atoms with Crippen molar-refractivity contribution >= 4 is 21.6 Å². The normalized spacial score (nSPS) is 10.4. The minimum atomic E-state index is -0.415. The zero-order chi connectivity index (χ0) is 11.7. The maximum Gasteiger partial charge on any atom is 0.271 e. The molecule has 0 aliphatic carbocycles. The molecule has 0 saturated carbocycles. The Morgan fingerprint density at radius 1 is 1.44 bits per heavy atom. The van der Waals surface area contributed by atoms with Crippen molar-refractivity contribution in [3.8, 4) is 5.69 Å². The van der Waals surface area contributed by atoms with Gasteiger partial charge in [0.15, 0.2) is 0 Å². The summed E-state index contributed by atoms with van der Waals surface area (Å²) in [6.45, 7) is 1.88. The Morgan fingerprint density at radius 3 is 2.75 bits per heavy atom. The van der Waals surface area contributed by atoms with Crippen LogP contribution < -0.4 is 0 Å². The monoisotopic (exact) mass is 281 g/mol. The summed E-state index contributed by atoms with van der Waals surface area (Å²) in [5.41, 5.74) is 1.70. The summed E-state index contributed by atoms with van der Waals surface area (Å²) in [4.78, 5) is 10.3. The van der Waals surface area contributed by atoms with Crippen molar-refractivity contribution in [3.63, 3.8) is 0 Å². The molecule has 0 amide bonds. The molecule has 1 aromatic heterocycles. The van der Waals surface area contributed by atoms with Crippen molar-refractivity contribution in [3.05, 3.63) is 50.7 Å². The van der Waals surface area contributed by atoms with Gasteiger partial charge in [-0.25, -0.2) is 4.68 Å². The lowest BCUT2D eigenvalue weighted by atomic mass is 10.2. The summed E-state index contributed by atoms with van der Waals surface area (Å²) in [5.74, 6) is 0. The maximum atomic E-state index is 10.7. The fraction of sp³-hybridized carbons (Fsp3) is 0.100. The zero-order valence-electron chi connectivity index (χ0n) is 8.42. The number of aryl methyl sites for hydroxylation is 1. The Labute approximate surface area is 100.0 Å². The molecule has 0 radical (unpaired) electrons. The van der Waals surface area contributed by atoms with Crippen LogP contribution in [0.3, 0.4) is 0 Å². The molecule has 0 bridgehead atoms. The molecule has 0 aliphatic rings. The number of rotatable bonds is 2. The van der Waals surface area contributed by atoms with E-state index < -0.39 is 4.92 Å². The van der Waals surface area contributed by atoms with Gasteiger partial charge in [0.05, 0.1) is 10.6 Å². The highest BCUT2D eigenvalue weighted by molar-refractivity contribution is 9.10. The zero-order valence-corrected chi connectivity index (χ0v) is 10.0. The van der Waals surface area contributed by atoms with E-state index in [0.717, 1.165) is 5.56 Å². The Balaban J connectivity index is 2.55. The summed E-state index contributed by atoms with van der Waals surface area (Å²) < 4.78 is 2.30. The molecule has 0 unspecified atom stereocenters. The van der Waals surface area contributed by atoms with Crippen LogP contribution >= 0.6 is 15.9 Å². The standard InChI is InChI=1S/C10H8BrN3O2/c1-7-2-3-8(14(15)16)6-9(7)13-5-4-10(11)12-13/h2-6H,1H3. The second kappa shape index (κ2) is 4.05. The maximum absolute atomic E-state index is 10.7. The number of non-ortho nitro benzene ring substituents is 1. The fourth-order valence-electron chi connectivity index (χ4n) is 1.39. The van der Waals surface area contributed by atoms with Crippen LogP contribution in [0.2, 0.25) is 0 Å². The van der Waals surface area contributed by atoms with Crippen LogP contribution in [0.5, 0.6) is 0 Å². The Kier molecular flexibility index (Phi) is 2.74. The van der Waals surface area contributed by atoms with Crippen LogP contribution in [0.25, 0.3) is 5.69 Å². The lowest BCUT2D eigenvalue weighted by molar-refractivity contribution is -0.384. The lowest BCUT2D eigenvalue weighted by Crippen LogP contribution is -1.99. The van der Waals surface area contributed by atoms with Gasteiger partial charge in [0.2, 0.25) is 0 Å². The SMILES string of the molecule is Cc1ccc([N+](=O)[O-])cc1-n1ccc(Br)n1. The molecule has 16 heavy (non-hydrogen) atoms. The quantitative estimate of drug-likeness (QED) is 0.628. The number of halogens is 1. The van der Waals surface area contributed by atoms with Crippen LogP contribution in [0.15, 0.2) is 35.1 Å². The van der Waals surface area contributed by atoms with E-state index in [-0.39, 0.29) is 5.69 Å². The van der Waals surface area contributed by atoms with Gasteiger partial charge >= 0.3 is 0 Å². The average molecular weight is 282 g/mol. The number of hydrogen-bond acceptors (Lipinski definition) is 3. The second-order valence-corrected chi connectivity index (χ2v) is 4.12. The van der Waals surface area contributed by atoms with Gasteiger partial charge in [-0.3, -0.25) is 10.1 Å². The number of nitro benzene ring substituents is 1. The van der Waals surface area contributed by atoms with Crippen molar-refractivity contribution in [2.45, 2.75) is 6.92 Å². The van der Waals surface area contributed by atoms with Gasteiger partial charge in [-0.2, -0.15) is 5.10 Å². The molecule has 1 aromatic carbocycles.